The molecule has 0 heterocycles. The van der Waals surface area contributed by atoms with Crippen LogP contribution in [0.5, 0.6) is 0 Å². The Kier molecular flexibility index (Phi) is 6.88. The second kappa shape index (κ2) is 9.16. The van der Waals surface area contributed by atoms with Gasteiger partial charge in [0, 0.05) is 0 Å². The summed E-state index contributed by atoms with van der Waals surface area (Å²) in [6, 6.07) is 20.7. The second-order valence-electron chi connectivity index (χ2n) is 5.13. The van der Waals surface area contributed by atoms with Gasteiger partial charge in [0.15, 0.2) is 0 Å². The summed E-state index contributed by atoms with van der Waals surface area (Å²) in [6.45, 7) is 0. The molecule has 1 heteroatoms. The molecule has 0 fully saturated rings. The molecule has 23 heavy (non-hydrogen) atoms. The Bertz CT molecular complexity index is 654. The van der Waals surface area contributed by atoms with E-state index in [0.29, 0.717) is 0 Å². The fourth-order valence-corrected chi connectivity index (χ4v) is 2.44. The monoisotopic (exact) mass is 334 g/mol. The molecule has 0 aliphatic heterocycles. The molecule has 0 unspecified atom stereocenters. The molecule has 0 atom stereocenters. The predicted octanol–water partition coefficient (Wildman–Crippen LogP) is 5.66. The Morgan fingerprint density at radius 2 is 0.957 bits per heavy atom. The van der Waals surface area contributed by atoms with Crippen molar-refractivity contribution in [1.29, 1.82) is 0 Å². The number of rotatable bonds is 2. The summed E-state index contributed by atoms with van der Waals surface area (Å²) in [7, 11) is 0. The van der Waals surface area contributed by atoms with Gasteiger partial charge in [-0.1, -0.05) is 49.2 Å². The van der Waals surface area contributed by atoms with Gasteiger partial charge in [0.1, 0.15) is 0 Å². The van der Waals surface area contributed by atoms with E-state index in [1.807, 2.05) is 12.1 Å². The smallest absolute Gasteiger partial charge is 0.197 e. The molecule has 4 rings (SSSR count). The molecule has 0 aromatic heterocycles. The summed E-state index contributed by atoms with van der Waals surface area (Å²) >= 11 is 0. The van der Waals surface area contributed by atoms with Crippen LogP contribution in [0.4, 0.5) is 0 Å². The Morgan fingerprint density at radius 3 is 1.26 bits per heavy atom. The summed E-state index contributed by atoms with van der Waals surface area (Å²) in [4.78, 5) is 0. The average molecular weight is 334 g/mol. The van der Waals surface area contributed by atoms with E-state index in [2.05, 4.69) is 85.0 Å². The molecular weight excluding hydrogens is 316 g/mol. The minimum absolute atomic E-state index is 0. The fourth-order valence-electron chi connectivity index (χ4n) is 2.44. The van der Waals surface area contributed by atoms with Gasteiger partial charge >= 0.3 is 17.4 Å². The van der Waals surface area contributed by atoms with Gasteiger partial charge in [0.05, 0.1) is 0 Å². The third-order valence-electron chi connectivity index (χ3n) is 3.56. The third-order valence-corrected chi connectivity index (χ3v) is 3.56. The molecule has 112 valence electrons. The van der Waals surface area contributed by atoms with Gasteiger partial charge in [-0.25, -0.2) is 0 Å². The Labute approximate surface area is 149 Å². The second-order valence-corrected chi connectivity index (χ2v) is 5.13. The van der Waals surface area contributed by atoms with Crippen molar-refractivity contribution >= 4 is 11.1 Å². The topological polar surface area (TPSA) is 0 Å². The van der Waals surface area contributed by atoms with Crippen LogP contribution in [0.2, 0.25) is 0 Å². The SMILES string of the molecule is [C-]1=C(c2ccccc2)C=CC1.[C-]1=C(c2ccccc2)C=CC1.[Cr+2]. The van der Waals surface area contributed by atoms with Crippen LogP contribution in [0.1, 0.15) is 24.0 Å². The number of allylic oxidation sites excluding steroid dienone is 8. The first-order valence-electron chi connectivity index (χ1n) is 7.59. The van der Waals surface area contributed by atoms with Crippen LogP contribution in [0, 0.1) is 12.2 Å². The average Bonchev–Trinajstić information content (AvgIpc) is 3.31. The van der Waals surface area contributed by atoms with Crippen molar-refractivity contribution in [2.75, 3.05) is 0 Å². The first-order chi connectivity index (χ1) is 10.9. The fraction of sp³-hybridized carbons (Fsp3) is 0.0909. The summed E-state index contributed by atoms with van der Waals surface area (Å²) in [5.74, 6) is 0. The molecule has 0 saturated carbocycles. The van der Waals surface area contributed by atoms with E-state index in [1.54, 1.807) is 0 Å². The molecule has 2 aromatic rings. The van der Waals surface area contributed by atoms with Gasteiger partial charge in [-0.2, -0.15) is 35.5 Å². The van der Waals surface area contributed by atoms with Crippen LogP contribution in [0.25, 0.3) is 11.1 Å². The molecule has 0 spiro atoms. The van der Waals surface area contributed by atoms with E-state index in [9.17, 15) is 0 Å². The number of hydrogen-bond acceptors (Lipinski definition) is 0. The van der Waals surface area contributed by atoms with Crippen LogP contribution in [-0.2, 0) is 17.4 Å². The predicted molar refractivity (Wildman–Crippen MR) is 93.7 cm³/mol. The molecule has 0 bridgehead atoms. The largest absolute Gasteiger partial charge is 2.00 e. The molecule has 2 aromatic carbocycles. The maximum Gasteiger partial charge on any atom is 2.00 e. The van der Waals surface area contributed by atoms with Gasteiger partial charge in [-0.05, 0) is 0 Å². The standard InChI is InChI=1S/2C11H9.Cr/c2*1-2-6-10(7-3-1)11-8-4-5-9-11;/h2*1-4,6-8H,5H2;/q2*-1;+2. The number of benzene rings is 2. The first kappa shape index (κ1) is 17.3. The Morgan fingerprint density at radius 1 is 0.565 bits per heavy atom. The van der Waals surface area contributed by atoms with E-state index in [0.717, 1.165) is 12.8 Å². The van der Waals surface area contributed by atoms with Crippen molar-refractivity contribution in [3.05, 3.63) is 108 Å². The van der Waals surface area contributed by atoms with E-state index in [-0.39, 0.29) is 17.4 Å². The summed E-state index contributed by atoms with van der Waals surface area (Å²) < 4.78 is 0. The van der Waals surface area contributed by atoms with Crippen molar-refractivity contribution < 1.29 is 17.4 Å². The van der Waals surface area contributed by atoms with Crippen LogP contribution in [0.3, 0.4) is 0 Å². The molecular formula is C22H18Cr. The van der Waals surface area contributed by atoms with E-state index >= 15 is 0 Å². The summed E-state index contributed by atoms with van der Waals surface area (Å²) in [6.07, 6.45) is 17.0. The zero-order valence-corrected chi connectivity index (χ0v) is 14.2. The minimum atomic E-state index is 0. The molecule has 0 N–H and O–H groups in total. The van der Waals surface area contributed by atoms with Crippen molar-refractivity contribution in [3.63, 3.8) is 0 Å². The molecule has 0 amide bonds. The molecule has 2 aliphatic rings. The summed E-state index contributed by atoms with van der Waals surface area (Å²) in [5.41, 5.74) is 4.98. The normalized spacial score (nSPS) is 14.4. The van der Waals surface area contributed by atoms with Crippen LogP contribution < -0.4 is 0 Å². The molecule has 0 nitrogen and oxygen atoms in total. The number of hydrogen-bond donors (Lipinski definition) is 0. The van der Waals surface area contributed by atoms with Gasteiger partial charge in [-0.3, -0.25) is 0 Å². The molecule has 0 saturated heterocycles. The van der Waals surface area contributed by atoms with E-state index in [1.165, 1.54) is 22.3 Å². The quantitative estimate of drug-likeness (QED) is 0.621. The van der Waals surface area contributed by atoms with Crippen molar-refractivity contribution in [2.24, 2.45) is 0 Å². The Hall–Kier alpha value is -2.07. The van der Waals surface area contributed by atoms with E-state index in [4.69, 9.17) is 0 Å². The van der Waals surface area contributed by atoms with Crippen LogP contribution >= 0.6 is 0 Å². The van der Waals surface area contributed by atoms with E-state index < -0.39 is 0 Å². The third kappa shape index (κ3) is 4.96. The minimum Gasteiger partial charge on any atom is -0.197 e. The van der Waals surface area contributed by atoms with Crippen molar-refractivity contribution in [2.45, 2.75) is 12.8 Å². The van der Waals surface area contributed by atoms with Crippen LogP contribution in [-0.4, -0.2) is 0 Å². The maximum absolute atomic E-state index is 3.28. The van der Waals surface area contributed by atoms with Crippen molar-refractivity contribution in [1.82, 2.24) is 0 Å². The van der Waals surface area contributed by atoms with Crippen molar-refractivity contribution in [3.8, 4) is 0 Å². The zero-order valence-electron chi connectivity index (χ0n) is 12.9. The van der Waals surface area contributed by atoms with Crippen LogP contribution in [0.15, 0.2) is 85.0 Å². The molecule has 0 radical (unpaired) electrons. The first-order valence-corrected chi connectivity index (χ1v) is 7.59. The maximum atomic E-state index is 3.28. The Balaban J connectivity index is 0.000000160. The van der Waals surface area contributed by atoms with Gasteiger partial charge in [0.25, 0.3) is 0 Å². The molecule has 2 aliphatic carbocycles. The van der Waals surface area contributed by atoms with Gasteiger partial charge < -0.3 is 0 Å². The van der Waals surface area contributed by atoms with Gasteiger partial charge in [0.2, 0.25) is 0 Å². The summed E-state index contributed by atoms with van der Waals surface area (Å²) in [5, 5.41) is 0. The zero-order chi connectivity index (χ0) is 15.0. The van der Waals surface area contributed by atoms with Gasteiger partial charge in [-0.15, -0.1) is 47.5 Å².